The first-order valence-corrected chi connectivity index (χ1v) is 7.00. The molecule has 0 radical (unpaired) electrons. The van der Waals surface area contributed by atoms with Crippen molar-refractivity contribution in [1.82, 2.24) is 25.1 Å². The van der Waals surface area contributed by atoms with Crippen LogP contribution in [0, 0.1) is 6.92 Å². The first kappa shape index (κ1) is 12.4. The van der Waals surface area contributed by atoms with E-state index in [-0.39, 0.29) is 0 Å². The van der Waals surface area contributed by atoms with Gasteiger partial charge in [-0.25, -0.2) is 4.98 Å². The van der Waals surface area contributed by atoms with Gasteiger partial charge in [0, 0.05) is 24.8 Å². The topological polar surface area (TPSA) is 58.5 Å². The van der Waals surface area contributed by atoms with Crippen molar-refractivity contribution in [2.24, 2.45) is 7.05 Å². The summed E-state index contributed by atoms with van der Waals surface area (Å²) >= 11 is 0. The fourth-order valence-corrected chi connectivity index (χ4v) is 2.82. The van der Waals surface area contributed by atoms with Gasteiger partial charge in [-0.1, -0.05) is 12.8 Å². The monoisotopic (exact) mass is 259 g/mol. The van der Waals surface area contributed by atoms with Gasteiger partial charge in [0.1, 0.15) is 5.82 Å². The second-order valence-electron chi connectivity index (χ2n) is 5.41. The molecule has 0 unspecified atom stereocenters. The molecule has 3 rings (SSSR count). The normalized spacial score (nSPS) is 16.3. The SMILES string of the molecule is Cc1nn(C)cc1-c1cnc(CNC2CCCC2)[nH]1. The molecule has 0 amide bonds. The Balaban J connectivity index is 1.67. The van der Waals surface area contributed by atoms with Crippen LogP contribution in [0.2, 0.25) is 0 Å². The Labute approximate surface area is 113 Å². The largest absolute Gasteiger partial charge is 0.341 e. The molecule has 2 aromatic heterocycles. The smallest absolute Gasteiger partial charge is 0.120 e. The van der Waals surface area contributed by atoms with Crippen molar-refractivity contribution in [1.29, 1.82) is 0 Å². The van der Waals surface area contributed by atoms with Crippen LogP contribution in [-0.4, -0.2) is 25.8 Å². The van der Waals surface area contributed by atoms with E-state index >= 15 is 0 Å². The van der Waals surface area contributed by atoms with Crippen LogP contribution < -0.4 is 5.32 Å². The van der Waals surface area contributed by atoms with E-state index in [0.717, 1.165) is 29.3 Å². The minimum Gasteiger partial charge on any atom is -0.341 e. The van der Waals surface area contributed by atoms with Gasteiger partial charge in [-0.15, -0.1) is 0 Å². The van der Waals surface area contributed by atoms with E-state index in [2.05, 4.69) is 20.4 Å². The third-order valence-corrected chi connectivity index (χ3v) is 3.85. The van der Waals surface area contributed by atoms with Crippen LogP contribution >= 0.6 is 0 Å². The molecule has 1 aliphatic carbocycles. The Morgan fingerprint density at radius 1 is 1.42 bits per heavy atom. The average Bonchev–Trinajstić information content (AvgIpc) is 3.08. The van der Waals surface area contributed by atoms with Gasteiger partial charge in [0.05, 0.1) is 24.1 Å². The van der Waals surface area contributed by atoms with Crippen molar-refractivity contribution in [2.75, 3.05) is 0 Å². The number of nitrogens with one attached hydrogen (secondary N) is 2. The molecular weight excluding hydrogens is 238 g/mol. The number of rotatable bonds is 4. The van der Waals surface area contributed by atoms with Crippen LogP contribution in [-0.2, 0) is 13.6 Å². The van der Waals surface area contributed by atoms with Crippen molar-refractivity contribution in [3.63, 3.8) is 0 Å². The predicted molar refractivity (Wildman–Crippen MR) is 74.6 cm³/mol. The van der Waals surface area contributed by atoms with E-state index in [1.54, 1.807) is 0 Å². The third kappa shape index (κ3) is 2.71. The number of hydrogen-bond acceptors (Lipinski definition) is 3. The number of aromatic nitrogens is 4. The van der Waals surface area contributed by atoms with E-state index in [9.17, 15) is 0 Å². The lowest BCUT2D eigenvalue weighted by molar-refractivity contribution is 0.515. The third-order valence-electron chi connectivity index (χ3n) is 3.85. The van der Waals surface area contributed by atoms with E-state index in [4.69, 9.17) is 0 Å². The van der Waals surface area contributed by atoms with Gasteiger partial charge in [0.15, 0.2) is 0 Å². The van der Waals surface area contributed by atoms with Gasteiger partial charge in [0.25, 0.3) is 0 Å². The zero-order valence-corrected chi connectivity index (χ0v) is 11.6. The minimum atomic E-state index is 0.675. The highest BCUT2D eigenvalue weighted by molar-refractivity contribution is 5.60. The van der Waals surface area contributed by atoms with Crippen molar-refractivity contribution in [3.8, 4) is 11.3 Å². The maximum Gasteiger partial charge on any atom is 0.120 e. The van der Waals surface area contributed by atoms with Crippen LogP contribution in [0.4, 0.5) is 0 Å². The van der Waals surface area contributed by atoms with Crippen LogP contribution in [0.1, 0.15) is 37.2 Å². The molecule has 5 nitrogen and oxygen atoms in total. The second-order valence-corrected chi connectivity index (χ2v) is 5.41. The summed E-state index contributed by atoms with van der Waals surface area (Å²) in [5, 5.41) is 7.93. The van der Waals surface area contributed by atoms with E-state index in [1.807, 2.05) is 31.0 Å². The summed E-state index contributed by atoms with van der Waals surface area (Å²) in [6.07, 6.45) is 9.24. The molecule has 1 saturated carbocycles. The molecule has 0 aliphatic heterocycles. The molecule has 19 heavy (non-hydrogen) atoms. The van der Waals surface area contributed by atoms with Gasteiger partial charge in [-0.2, -0.15) is 5.10 Å². The summed E-state index contributed by atoms with van der Waals surface area (Å²) in [4.78, 5) is 7.83. The maximum atomic E-state index is 4.45. The molecule has 0 aromatic carbocycles. The highest BCUT2D eigenvalue weighted by atomic mass is 15.2. The molecule has 1 aliphatic rings. The molecule has 0 saturated heterocycles. The second kappa shape index (κ2) is 5.17. The maximum absolute atomic E-state index is 4.45. The Morgan fingerprint density at radius 3 is 2.89 bits per heavy atom. The first-order valence-electron chi connectivity index (χ1n) is 7.00. The summed E-state index contributed by atoms with van der Waals surface area (Å²) < 4.78 is 1.84. The van der Waals surface area contributed by atoms with Crippen LogP contribution in [0.15, 0.2) is 12.4 Å². The number of nitrogens with zero attached hydrogens (tertiary/aromatic N) is 3. The first-order chi connectivity index (χ1) is 9.22. The molecule has 2 heterocycles. The van der Waals surface area contributed by atoms with Gasteiger partial charge >= 0.3 is 0 Å². The molecule has 5 heteroatoms. The number of hydrogen-bond donors (Lipinski definition) is 2. The fourth-order valence-electron chi connectivity index (χ4n) is 2.82. The molecular formula is C14H21N5. The van der Waals surface area contributed by atoms with Gasteiger partial charge in [-0.3, -0.25) is 4.68 Å². The van der Waals surface area contributed by atoms with E-state index in [1.165, 1.54) is 25.7 Å². The predicted octanol–water partition coefficient (Wildman–Crippen LogP) is 2.15. The highest BCUT2D eigenvalue weighted by Crippen LogP contribution is 2.21. The Morgan fingerprint density at radius 2 is 2.21 bits per heavy atom. The molecule has 1 fully saturated rings. The van der Waals surface area contributed by atoms with Crippen LogP contribution in [0.3, 0.4) is 0 Å². The lowest BCUT2D eigenvalue weighted by atomic mass is 10.2. The van der Waals surface area contributed by atoms with Crippen LogP contribution in [0.25, 0.3) is 11.3 Å². The quantitative estimate of drug-likeness (QED) is 0.884. The molecule has 0 atom stereocenters. The van der Waals surface area contributed by atoms with E-state index < -0.39 is 0 Å². The summed E-state index contributed by atoms with van der Waals surface area (Å²) in [7, 11) is 1.94. The number of aromatic amines is 1. The van der Waals surface area contributed by atoms with Gasteiger partial charge in [-0.05, 0) is 19.8 Å². The molecule has 0 spiro atoms. The van der Waals surface area contributed by atoms with Gasteiger partial charge < -0.3 is 10.3 Å². The minimum absolute atomic E-state index is 0.675. The van der Waals surface area contributed by atoms with Crippen molar-refractivity contribution in [2.45, 2.75) is 45.2 Å². The fraction of sp³-hybridized carbons (Fsp3) is 0.571. The zero-order valence-electron chi connectivity index (χ0n) is 11.6. The summed E-state index contributed by atoms with van der Waals surface area (Å²) in [5.41, 5.74) is 3.21. The zero-order chi connectivity index (χ0) is 13.2. The average molecular weight is 259 g/mol. The van der Waals surface area contributed by atoms with Crippen molar-refractivity contribution < 1.29 is 0 Å². The summed E-state index contributed by atoms with van der Waals surface area (Å²) in [6.45, 7) is 2.84. The van der Waals surface area contributed by atoms with Crippen LogP contribution in [0.5, 0.6) is 0 Å². The van der Waals surface area contributed by atoms with Crippen molar-refractivity contribution >= 4 is 0 Å². The molecule has 2 N–H and O–H groups in total. The number of imidazole rings is 1. The molecule has 2 aromatic rings. The van der Waals surface area contributed by atoms with Crippen molar-refractivity contribution in [3.05, 3.63) is 23.9 Å². The molecule has 0 bridgehead atoms. The Kier molecular flexibility index (Phi) is 3.38. The molecule has 102 valence electrons. The lowest BCUT2D eigenvalue weighted by Gasteiger charge is -2.09. The summed E-state index contributed by atoms with van der Waals surface area (Å²) in [5.74, 6) is 1.00. The Hall–Kier alpha value is -1.62. The van der Waals surface area contributed by atoms with E-state index in [0.29, 0.717) is 6.04 Å². The Bertz CT molecular complexity index is 548. The summed E-state index contributed by atoms with van der Waals surface area (Å²) in [6, 6.07) is 0.675. The lowest BCUT2D eigenvalue weighted by Crippen LogP contribution is -2.25. The standard InChI is InChI=1S/C14H21N5/c1-10-12(9-19(2)18-10)13-7-16-14(17-13)8-15-11-5-3-4-6-11/h7,9,11,15H,3-6,8H2,1-2H3,(H,16,17). The van der Waals surface area contributed by atoms with Gasteiger partial charge in [0.2, 0.25) is 0 Å². The number of aryl methyl sites for hydroxylation is 2. The highest BCUT2D eigenvalue weighted by Gasteiger charge is 2.15. The number of H-pyrrole nitrogens is 1.